The van der Waals surface area contributed by atoms with Crippen molar-refractivity contribution in [1.82, 2.24) is 0 Å². The smallest absolute Gasteiger partial charge is 0.326 e. The van der Waals surface area contributed by atoms with Crippen molar-refractivity contribution >= 4 is 58.0 Å². The first kappa shape index (κ1) is 35.9. The zero-order valence-electron chi connectivity index (χ0n) is 23.6. The Hall–Kier alpha value is -3.36. The topological polar surface area (TPSA) is 63.2 Å². The summed E-state index contributed by atoms with van der Waals surface area (Å²) < 4.78 is 135. The first-order valence-electron chi connectivity index (χ1n) is 13.7. The lowest BCUT2D eigenvalue weighted by Crippen LogP contribution is -2.61. The summed E-state index contributed by atoms with van der Waals surface area (Å²) in [7, 11) is 0. The summed E-state index contributed by atoms with van der Waals surface area (Å²) in [5.74, 6) is -21.7. The van der Waals surface area contributed by atoms with E-state index < -0.39 is 111 Å². The molecule has 0 saturated heterocycles. The van der Waals surface area contributed by atoms with Gasteiger partial charge in [-0.25, -0.2) is 13.2 Å². The second kappa shape index (κ2) is 12.2. The second-order valence-electron chi connectivity index (χ2n) is 11.4. The molecule has 1 N–H and O–H groups in total. The second-order valence-corrected chi connectivity index (χ2v) is 13.2. The Balaban J connectivity index is 1.31. The highest BCUT2D eigenvalue weighted by atomic mass is 35.5. The van der Waals surface area contributed by atoms with Crippen molar-refractivity contribution < 1.29 is 58.3 Å². The van der Waals surface area contributed by atoms with Gasteiger partial charge in [-0.15, -0.1) is 23.2 Å². The number of hydrogen-bond donors (Lipinski definition) is 1. The van der Waals surface area contributed by atoms with Crippen molar-refractivity contribution in [2.75, 3.05) is 5.32 Å². The highest BCUT2D eigenvalue weighted by Gasteiger charge is 2.73. The third kappa shape index (κ3) is 6.38. The molecule has 0 spiro atoms. The number of alkyl halides is 9. The number of Topliss-reactive ketones (excluding diaryl/α,β-unsaturated/α-hetero) is 2. The lowest BCUT2D eigenvalue weighted by atomic mass is 9.73. The minimum Gasteiger partial charge on any atom is -0.326 e. The molecular weight excluding hydrogens is 731 g/mol. The molecule has 256 valence electrons. The maximum Gasteiger partial charge on any atom is 0.419 e. The van der Waals surface area contributed by atoms with Gasteiger partial charge in [0, 0.05) is 42.0 Å². The number of rotatable bonds is 9. The van der Waals surface area contributed by atoms with E-state index in [9.17, 15) is 53.9 Å². The molecule has 1 amide bonds. The summed E-state index contributed by atoms with van der Waals surface area (Å²) in [5, 5.41) is 2.20. The molecule has 48 heavy (non-hydrogen) atoms. The summed E-state index contributed by atoms with van der Waals surface area (Å²) in [6, 6.07) is 7.02. The van der Waals surface area contributed by atoms with E-state index in [1.54, 1.807) is 0 Å². The van der Waals surface area contributed by atoms with Crippen molar-refractivity contribution in [2.24, 2.45) is 11.8 Å². The highest BCUT2D eigenvalue weighted by molar-refractivity contribution is 6.53. The number of hydrogen-bond acceptors (Lipinski definition) is 3. The van der Waals surface area contributed by atoms with Crippen LogP contribution in [0.1, 0.15) is 45.0 Å². The largest absolute Gasteiger partial charge is 0.419 e. The first-order chi connectivity index (χ1) is 22.1. The van der Waals surface area contributed by atoms with Crippen LogP contribution in [0, 0.1) is 29.3 Å². The van der Waals surface area contributed by atoms with Gasteiger partial charge < -0.3 is 5.32 Å². The normalized spacial score (nSPS) is 22.1. The van der Waals surface area contributed by atoms with Crippen LogP contribution >= 0.6 is 34.8 Å². The summed E-state index contributed by atoms with van der Waals surface area (Å²) in [4.78, 5) is 38.4. The van der Waals surface area contributed by atoms with Crippen LogP contribution in [-0.2, 0) is 28.6 Å². The zero-order chi connectivity index (χ0) is 35.7. The maximum absolute atomic E-state index is 15.2. The standard InChI is InChI=1S/C31H18Cl3F10NO3/c32-19-4-3-14(45-27(48)25-24(29(25,33)34)12-1-6-21(36)17(7-12)31(42,43)44)9-15(19)22(46)8-13-2-5-20(35)16(26(13)37)10-23(47)18-11-28(38,39)30(18,40)41/h1-7,9,18,24-25H,8,10-11H2,(H,45,48)/t18?,24-,25+/m0/s1. The highest BCUT2D eigenvalue weighted by Crippen LogP contribution is 2.65. The minimum absolute atomic E-state index is 0.0817. The SMILES string of the molecule is O=C(Cc1ccc(F)c(CC(=O)C2CC(F)(F)C2(F)F)c1F)c1cc(NC(=O)[C@H]2[C@H](c3ccc(F)c(C(F)(F)F)c3)C2(Cl)Cl)ccc1Cl. The third-order valence-electron chi connectivity index (χ3n) is 8.27. The van der Waals surface area contributed by atoms with Gasteiger partial charge in [0.2, 0.25) is 5.91 Å². The van der Waals surface area contributed by atoms with Crippen LogP contribution in [0.2, 0.25) is 5.02 Å². The number of anilines is 1. The van der Waals surface area contributed by atoms with E-state index in [0.717, 1.165) is 18.2 Å². The lowest BCUT2D eigenvalue weighted by molar-refractivity contribution is -0.304. The van der Waals surface area contributed by atoms with Crippen LogP contribution in [0.3, 0.4) is 0 Å². The molecule has 3 atom stereocenters. The van der Waals surface area contributed by atoms with Crippen LogP contribution < -0.4 is 5.32 Å². The first-order valence-corrected chi connectivity index (χ1v) is 14.8. The summed E-state index contributed by atoms with van der Waals surface area (Å²) >= 11 is 18.5. The Bertz CT molecular complexity index is 1850. The molecular formula is C31H18Cl3F10NO3. The van der Waals surface area contributed by atoms with E-state index in [-0.39, 0.29) is 21.8 Å². The molecule has 2 aliphatic carbocycles. The predicted molar refractivity (Wildman–Crippen MR) is 153 cm³/mol. The third-order valence-corrected chi connectivity index (χ3v) is 9.54. The number of carbonyl (C=O) groups excluding carboxylic acids is 3. The predicted octanol–water partition coefficient (Wildman–Crippen LogP) is 9.13. The molecule has 0 radical (unpaired) electrons. The fourth-order valence-corrected chi connectivity index (χ4v) is 6.58. The molecule has 0 heterocycles. The van der Waals surface area contributed by atoms with Gasteiger partial charge >= 0.3 is 18.0 Å². The van der Waals surface area contributed by atoms with Crippen LogP contribution in [-0.4, -0.2) is 33.7 Å². The van der Waals surface area contributed by atoms with Gasteiger partial charge in [0.05, 0.1) is 22.4 Å². The van der Waals surface area contributed by atoms with Gasteiger partial charge in [0.25, 0.3) is 0 Å². The van der Waals surface area contributed by atoms with E-state index >= 15 is 4.39 Å². The summed E-state index contributed by atoms with van der Waals surface area (Å²) in [5.41, 5.74) is -3.62. The van der Waals surface area contributed by atoms with Crippen LogP contribution in [0.25, 0.3) is 0 Å². The lowest BCUT2D eigenvalue weighted by Gasteiger charge is -2.42. The number of ketones is 2. The molecule has 1 unspecified atom stereocenters. The molecule has 2 aliphatic rings. The Morgan fingerprint density at radius 3 is 2.12 bits per heavy atom. The van der Waals surface area contributed by atoms with Crippen molar-refractivity contribution in [1.29, 1.82) is 0 Å². The number of nitrogens with one attached hydrogen (secondary N) is 1. The Morgan fingerprint density at radius 2 is 1.52 bits per heavy atom. The number of carbonyl (C=O) groups is 3. The summed E-state index contributed by atoms with van der Waals surface area (Å²) in [6.07, 6.45) is -8.62. The van der Waals surface area contributed by atoms with E-state index in [4.69, 9.17) is 34.8 Å². The fourth-order valence-electron chi connectivity index (χ4n) is 5.53. The molecule has 0 aliphatic heterocycles. The van der Waals surface area contributed by atoms with Crippen molar-refractivity contribution in [3.8, 4) is 0 Å². The number of benzene rings is 3. The average molecular weight is 749 g/mol. The number of halogens is 13. The Morgan fingerprint density at radius 1 is 0.875 bits per heavy atom. The molecule has 2 fully saturated rings. The van der Waals surface area contributed by atoms with Gasteiger partial charge in [-0.1, -0.05) is 23.7 Å². The average Bonchev–Trinajstić information content (AvgIpc) is 3.57. The van der Waals surface area contributed by atoms with E-state index in [0.29, 0.717) is 18.2 Å². The van der Waals surface area contributed by atoms with Gasteiger partial charge in [-0.3, -0.25) is 14.4 Å². The molecule has 17 heteroatoms. The van der Waals surface area contributed by atoms with Gasteiger partial charge in [-0.2, -0.15) is 30.7 Å². The molecule has 0 aromatic heterocycles. The van der Waals surface area contributed by atoms with Gasteiger partial charge in [0.1, 0.15) is 27.6 Å². The van der Waals surface area contributed by atoms with Gasteiger partial charge in [-0.05, 0) is 47.5 Å². The monoisotopic (exact) mass is 747 g/mol. The van der Waals surface area contributed by atoms with Crippen molar-refractivity contribution in [2.45, 2.75) is 47.5 Å². The van der Waals surface area contributed by atoms with Crippen LogP contribution in [0.5, 0.6) is 0 Å². The fraction of sp³-hybridized carbons (Fsp3) is 0.323. The molecule has 4 nitrogen and oxygen atoms in total. The Kier molecular flexibility index (Phi) is 9.13. The molecule has 2 saturated carbocycles. The van der Waals surface area contributed by atoms with E-state index in [1.807, 2.05) is 0 Å². The van der Waals surface area contributed by atoms with Crippen LogP contribution in [0.4, 0.5) is 49.6 Å². The van der Waals surface area contributed by atoms with Crippen LogP contribution in [0.15, 0.2) is 48.5 Å². The van der Waals surface area contributed by atoms with Crippen molar-refractivity contribution in [3.63, 3.8) is 0 Å². The molecule has 3 aromatic rings. The molecule has 3 aromatic carbocycles. The van der Waals surface area contributed by atoms with E-state index in [1.165, 1.54) is 12.1 Å². The zero-order valence-corrected chi connectivity index (χ0v) is 25.9. The minimum atomic E-state index is -5.04. The number of amides is 1. The van der Waals surface area contributed by atoms with E-state index in [2.05, 4.69) is 5.32 Å². The Labute approximate surface area is 279 Å². The maximum atomic E-state index is 15.2. The molecule has 0 bridgehead atoms. The van der Waals surface area contributed by atoms with Gasteiger partial charge in [0.15, 0.2) is 5.78 Å². The van der Waals surface area contributed by atoms with Crippen molar-refractivity contribution in [3.05, 3.63) is 98.8 Å². The molecule has 5 rings (SSSR count). The quantitative estimate of drug-likeness (QED) is 0.135. The summed E-state index contributed by atoms with van der Waals surface area (Å²) in [6.45, 7) is 0.